The predicted octanol–water partition coefficient (Wildman–Crippen LogP) is 5.02. The van der Waals surface area contributed by atoms with Gasteiger partial charge < -0.3 is 4.74 Å². The van der Waals surface area contributed by atoms with Gasteiger partial charge >= 0.3 is 0 Å². The topological polar surface area (TPSA) is 68.6 Å². The summed E-state index contributed by atoms with van der Waals surface area (Å²) in [7, 11) is 1.60. The van der Waals surface area contributed by atoms with Crippen molar-refractivity contribution in [1.82, 2.24) is 4.98 Å². The first-order valence-electron chi connectivity index (χ1n) is 7.99. The van der Waals surface area contributed by atoms with Gasteiger partial charge in [-0.05, 0) is 38.3 Å². The van der Waals surface area contributed by atoms with Gasteiger partial charge in [0.2, 0.25) is 0 Å². The first-order chi connectivity index (χ1) is 12.4. The molecule has 0 N–H and O–H groups in total. The van der Waals surface area contributed by atoms with Crippen LogP contribution >= 0.6 is 11.3 Å². The van der Waals surface area contributed by atoms with Gasteiger partial charge in [-0.3, -0.25) is 14.6 Å². The number of aliphatic imine (C=N–C) groups is 1. The fourth-order valence-corrected chi connectivity index (χ4v) is 4.18. The number of carbonyl (C=O) groups is 2. The summed E-state index contributed by atoms with van der Waals surface area (Å²) in [6.07, 6.45) is 0. The molecule has 0 amide bonds. The predicted molar refractivity (Wildman–Crippen MR) is 106 cm³/mol. The van der Waals surface area contributed by atoms with Crippen LogP contribution in [0.1, 0.15) is 39.6 Å². The second-order valence-corrected chi connectivity index (χ2v) is 6.91. The van der Waals surface area contributed by atoms with Crippen LogP contribution in [-0.4, -0.2) is 30.4 Å². The minimum Gasteiger partial charge on any atom is -0.497 e. The molecule has 26 heavy (non-hydrogen) atoms. The fourth-order valence-electron chi connectivity index (χ4n) is 3.10. The number of nitrogens with zero attached hydrogens (tertiary/aromatic N) is 2. The van der Waals surface area contributed by atoms with Crippen LogP contribution in [0.25, 0.3) is 21.3 Å². The molecule has 0 fully saturated rings. The second-order valence-electron chi connectivity index (χ2n) is 5.91. The van der Waals surface area contributed by atoms with E-state index in [1.807, 2.05) is 24.3 Å². The molecule has 5 nitrogen and oxygen atoms in total. The summed E-state index contributed by atoms with van der Waals surface area (Å²) in [5.74, 6) is 0.531. The number of aromatic nitrogens is 1. The van der Waals surface area contributed by atoms with Gasteiger partial charge in [0.05, 0.1) is 23.4 Å². The van der Waals surface area contributed by atoms with E-state index in [2.05, 4.69) is 16.7 Å². The standard InChI is InChI=1S/C20H18N2O3S/c1-10-15(11(2)23)16(13-6-8-14(25-5)9-7-13)17-18(21-4)19(12(3)24)26-20(17)22-10/h6-9H,4H2,1-3,5H3. The Morgan fingerprint density at radius 2 is 1.81 bits per heavy atom. The van der Waals surface area contributed by atoms with Crippen LogP contribution in [0.2, 0.25) is 0 Å². The quantitative estimate of drug-likeness (QED) is 0.470. The average Bonchev–Trinajstić information content (AvgIpc) is 2.98. The van der Waals surface area contributed by atoms with Crippen molar-refractivity contribution in [3.05, 3.63) is 40.4 Å². The van der Waals surface area contributed by atoms with E-state index in [-0.39, 0.29) is 11.6 Å². The summed E-state index contributed by atoms with van der Waals surface area (Å²) >= 11 is 1.28. The zero-order valence-electron chi connectivity index (χ0n) is 15.0. The third-order valence-electron chi connectivity index (χ3n) is 4.20. The molecule has 0 aliphatic carbocycles. The number of ether oxygens (including phenoxy) is 1. The van der Waals surface area contributed by atoms with Gasteiger partial charge in [-0.1, -0.05) is 12.1 Å². The summed E-state index contributed by atoms with van der Waals surface area (Å²) < 4.78 is 5.22. The smallest absolute Gasteiger partial charge is 0.172 e. The number of hydrogen-bond acceptors (Lipinski definition) is 6. The van der Waals surface area contributed by atoms with Crippen molar-refractivity contribution in [3.63, 3.8) is 0 Å². The third-order valence-corrected chi connectivity index (χ3v) is 5.38. The summed E-state index contributed by atoms with van der Waals surface area (Å²) in [4.78, 5) is 34.3. The number of rotatable bonds is 5. The number of benzene rings is 1. The van der Waals surface area contributed by atoms with Gasteiger partial charge in [-0.2, -0.15) is 0 Å². The Morgan fingerprint density at radius 1 is 1.15 bits per heavy atom. The Bertz CT molecular complexity index is 1050. The zero-order valence-corrected chi connectivity index (χ0v) is 15.9. The van der Waals surface area contributed by atoms with Gasteiger partial charge in [-0.25, -0.2) is 4.98 Å². The Balaban J connectivity index is 2.50. The molecule has 0 bridgehead atoms. The number of ketones is 2. The van der Waals surface area contributed by atoms with Crippen LogP contribution < -0.4 is 4.74 Å². The maximum absolute atomic E-state index is 12.4. The summed E-state index contributed by atoms with van der Waals surface area (Å²) in [6, 6.07) is 7.44. The minimum atomic E-state index is -0.0990. The van der Waals surface area contributed by atoms with E-state index in [1.165, 1.54) is 25.2 Å². The van der Waals surface area contributed by atoms with Gasteiger partial charge in [-0.15, -0.1) is 11.3 Å². The molecular formula is C20H18N2O3S. The van der Waals surface area contributed by atoms with E-state index in [0.29, 0.717) is 32.0 Å². The lowest BCUT2D eigenvalue weighted by molar-refractivity contribution is 0.101. The van der Waals surface area contributed by atoms with Crippen LogP contribution in [0.15, 0.2) is 29.3 Å². The first kappa shape index (κ1) is 17.9. The molecule has 0 atom stereocenters. The van der Waals surface area contributed by atoms with Crippen LogP contribution in [0, 0.1) is 6.92 Å². The van der Waals surface area contributed by atoms with E-state index in [1.54, 1.807) is 14.0 Å². The van der Waals surface area contributed by atoms with E-state index in [0.717, 1.165) is 16.9 Å². The number of fused-ring (bicyclic) bond motifs is 1. The molecule has 0 saturated carbocycles. The number of carbonyl (C=O) groups excluding carboxylic acids is 2. The SMILES string of the molecule is C=Nc1c(C(C)=O)sc2nc(C)c(C(C)=O)c(-c3ccc(OC)cc3)c12. The normalized spacial score (nSPS) is 10.8. The zero-order chi connectivity index (χ0) is 19.0. The molecule has 3 rings (SSSR count). The highest BCUT2D eigenvalue weighted by atomic mass is 32.1. The molecule has 3 aromatic rings. The van der Waals surface area contributed by atoms with Crippen molar-refractivity contribution in [3.8, 4) is 16.9 Å². The maximum atomic E-state index is 12.4. The maximum Gasteiger partial charge on any atom is 0.172 e. The summed E-state index contributed by atoms with van der Waals surface area (Å²) in [5, 5.41) is 0.691. The molecule has 132 valence electrons. The van der Waals surface area contributed by atoms with Gasteiger partial charge in [0.25, 0.3) is 0 Å². The Kier molecular flexibility index (Phi) is 4.70. The number of methoxy groups -OCH3 is 1. The Labute approximate surface area is 155 Å². The van der Waals surface area contributed by atoms with E-state index >= 15 is 0 Å². The monoisotopic (exact) mass is 366 g/mol. The van der Waals surface area contributed by atoms with Crippen molar-refractivity contribution in [2.75, 3.05) is 7.11 Å². The van der Waals surface area contributed by atoms with Crippen LogP contribution in [-0.2, 0) is 0 Å². The van der Waals surface area contributed by atoms with Gasteiger partial charge in [0.15, 0.2) is 11.6 Å². The van der Waals surface area contributed by atoms with Crippen molar-refractivity contribution >= 4 is 45.5 Å². The van der Waals surface area contributed by atoms with E-state index in [9.17, 15) is 9.59 Å². The van der Waals surface area contributed by atoms with Gasteiger partial charge in [0.1, 0.15) is 10.6 Å². The molecule has 6 heteroatoms. The number of thiophene rings is 1. The molecule has 2 aromatic heterocycles. The molecule has 0 unspecified atom stereocenters. The Hall–Kier alpha value is -2.86. The molecule has 0 saturated heterocycles. The lowest BCUT2D eigenvalue weighted by Crippen LogP contribution is -2.03. The molecule has 0 spiro atoms. The van der Waals surface area contributed by atoms with Gasteiger partial charge in [0, 0.05) is 23.4 Å². The molecule has 0 aliphatic heterocycles. The van der Waals surface area contributed by atoms with Crippen LogP contribution in [0.5, 0.6) is 5.75 Å². The molecular weight excluding hydrogens is 348 g/mol. The summed E-state index contributed by atoms with van der Waals surface area (Å²) in [6.45, 7) is 8.44. The third kappa shape index (κ3) is 2.82. The van der Waals surface area contributed by atoms with Crippen LogP contribution in [0.4, 0.5) is 5.69 Å². The second kappa shape index (κ2) is 6.80. The van der Waals surface area contributed by atoms with Crippen molar-refractivity contribution in [2.45, 2.75) is 20.8 Å². The summed E-state index contributed by atoms with van der Waals surface area (Å²) in [5.41, 5.74) is 3.21. The van der Waals surface area contributed by atoms with Crippen molar-refractivity contribution in [1.29, 1.82) is 0 Å². The fraction of sp³-hybridized carbons (Fsp3) is 0.200. The highest BCUT2D eigenvalue weighted by Gasteiger charge is 2.24. The number of pyridine rings is 1. The first-order valence-corrected chi connectivity index (χ1v) is 8.80. The molecule has 1 aromatic carbocycles. The number of hydrogen-bond donors (Lipinski definition) is 0. The van der Waals surface area contributed by atoms with Crippen molar-refractivity contribution in [2.24, 2.45) is 4.99 Å². The highest BCUT2D eigenvalue weighted by Crippen LogP contribution is 2.45. The molecule has 2 heterocycles. The number of Topliss-reactive ketones (excluding diaryl/α,β-unsaturated/α-hetero) is 2. The molecule has 0 aliphatic rings. The van der Waals surface area contributed by atoms with E-state index in [4.69, 9.17) is 4.74 Å². The largest absolute Gasteiger partial charge is 0.497 e. The highest BCUT2D eigenvalue weighted by molar-refractivity contribution is 7.21. The lowest BCUT2D eigenvalue weighted by Gasteiger charge is -2.13. The minimum absolute atomic E-state index is 0.0895. The van der Waals surface area contributed by atoms with E-state index < -0.39 is 0 Å². The number of aryl methyl sites for hydroxylation is 1. The average molecular weight is 366 g/mol. The Morgan fingerprint density at radius 3 is 2.31 bits per heavy atom. The van der Waals surface area contributed by atoms with Crippen molar-refractivity contribution < 1.29 is 14.3 Å². The lowest BCUT2D eigenvalue weighted by atomic mass is 9.93. The molecule has 0 radical (unpaired) electrons. The van der Waals surface area contributed by atoms with Crippen LogP contribution in [0.3, 0.4) is 0 Å².